The van der Waals surface area contributed by atoms with Crippen LogP contribution in [0.15, 0.2) is 12.1 Å². The summed E-state index contributed by atoms with van der Waals surface area (Å²) in [7, 11) is 0. The molecule has 0 saturated carbocycles. The average molecular weight is 276 g/mol. The smallest absolute Gasteiger partial charge is 0.257 e. The molecule has 0 aliphatic heterocycles. The minimum atomic E-state index is -0.847. The summed E-state index contributed by atoms with van der Waals surface area (Å²) in [4.78, 5) is 11.8. The molecular weight excluding hydrogens is 260 g/mol. The van der Waals surface area contributed by atoms with E-state index in [-0.39, 0.29) is 11.6 Å². The van der Waals surface area contributed by atoms with Crippen molar-refractivity contribution in [3.05, 3.63) is 34.9 Å². The van der Waals surface area contributed by atoms with Crippen molar-refractivity contribution >= 4 is 17.5 Å². The molecule has 1 atom stereocenters. The summed E-state index contributed by atoms with van der Waals surface area (Å²) in [6.45, 7) is 3.26. The van der Waals surface area contributed by atoms with E-state index in [1.165, 1.54) is 13.0 Å². The van der Waals surface area contributed by atoms with Crippen molar-refractivity contribution in [2.75, 3.05) is 5.88 Å². The summed E-state index contributed by atoms with van der Waals surface area (Å²) in [5, 5.41) is 2.56. The van der Waals surface area contributed by atoms with Gasteiger partial charge in [0.15, 0.2) is 0 Å². The quantitative estimate of drug-likeness (QED) is 0.820. The standard InChI is InChI=1S/C13H16ClF2NO/c1-8-5-6-10(15)11(12(8)16)13(18)17-9(2)4-3-7-14/h5-6,9H,3-4,7H2,1-2H3,(H,17,18). The summed E-state index contributed by atoms with van der Waals surface area (Å²) < 4.78 is 27.2. The van der Waals surface area contributed by atoms with Gasteiger partial charge < -0.3 is 5.32 Å². The van der Waals surface area contributed by atoms with Crippen molar-refractivity contribution in [2.45, 2.75) is 32.7 Å². The molecule has 1 rings (SSSR count). The monoisotopic (exact) mass is 275 g/mol. The number of aryl methyl sites for hydroxylation is 1. The molecule has 1 unspecified atom stereocenters. The number of alkyl halides is 1. The Hall–Kier alpha value is -1.16. The average Bonchev–Trinajstić information content (AvgIpc) is 2.31. The van der Waals surface area contributed by atoms with Gasteiger partial charge in [-0.05, 0) is 38.3 Å². The van der Waals surface area contributed by atoms with Gasteiger partial charge in [0.25, 0.3) is 5.91 Å². The molecule has 0 fully saturated rings. The lowest BCUT2D eigenvalue weighted by molar-refractivity contribution is 0.0929. The zero-order valence-corrected chi connectivity index (χ0v) is 11.2. The van der Waals surface area contributed by atoms with Gasteiger partial charge in [-0.3, -0.25) is 4.79 Å². The number of hydrogen-bond donors (Lipinski definition) is 1. The second-order valence-corrected chi connectivity index (χ2v) is 4.64. The highest BCUT2D eigenvalue weighted by molar-refractivity contribution is 6.17. The molecule has 0 aromatic heterocycles. The van der Waals surface area contributed by atoms with Crippen LogP contribution in [-0.2, 0) is 0 Å². The van der Waals surface area contributed by atoms with E-state index in [4.69, 9.17) is 11.6 Å². The van der Waals surface area contributed by atoms with E-state index < -0.39 is 23.1 Å². The Morgan fingerprint density at radius 2 is 2.11 bits per heavy atom. The van der Waals surface area contributed by atoms with Gasteiger partial charge >= 0.3 is 0 Å². The molecule has 0 saturated heterocycles. The van der Waals surface area contributed by atoms with Gasteiger partial charge in [0.05, 0.1) is 0 Å². The molecule has 1 amide bonds. The van der Waals surface area contributed by atoms with Crippen LogP contribution in [0.3, 0.4) is 0 Å². The molecule has 5 heteroatoms. The van der Waals surface area contributed by atoms with Crippen molar-refractivity contribution in [3.63, 3.8) is 0 Å². The van der Waals surface area contributed by atoms with Gasteiger partial charge in [-0.15, -0.1) is 11.6 Å². The number of carbonyl (C=O) groups is 1. The molecule has 0 heterocycles. The number of halogens is 3. The highest BCUT2D eigenvalue weighted by atomic mass is 35.5. The summed E-state index contributed by atoms with van der Waals surface area (Å²) in [6.07, 6.45) is 1.41. The second-order valence-electron chi connectivity index (χ2n) is 4.26. The molecule has 0 aliphatic carbocycles. The lowest BCUT2D eigenvalue weighted by Gasteiger charge is -2.14. The van der Waals surface area contributed by atoms with Crippen molar-refractivity contribution in [1.29, 1.82) is 0 Å². The van der Waals surface area contributed by atoms with E-state index in [1.54, 1.807) is 6.92 Å². The lowest BCUT2D eigenvalue weighted by Crippen LogP contribution is -2.34. The van der Waals surface area contributed by atoms with Gasteiger partial charge in [0.1, 0.15) is 17.2 Å². The Kier molecular flexibility index (Phi) is 5.54. The van der Waals surface area contributed by atoms with Crippen LogP contribution in [0, 0.1) is 18.6 Å². The summed E-state index contributed by atoms with van der Waals surface area (Å²) in [5.74, 6) is -1.89. The summed E-state index contributed by atoms with van der Waals surface area (Å²) >= 11 is 5.54. The van der Waals surface area contributed by atoms with Gasteiger partial charge in [-0.25, -0.2) is 8.78 Å². The van der Waals surface area contributed by atoms with E-state index in [0.29, 0.717) is 12.3 Å². The Morgan fingerprint density at radius 3 is 2.72 bits per heavy atom. The Morgan fingerprint density at radius 1 is 1.44 bits per heavy atom. The molecule has 18 heavy (non-hydrogen) atoms. The first-order chi connectivity index (χ1) is 8.47. The van der Waals surface area contributed by atoms with E-state index in [2.05, 4.69) is 5.32 Å². The van der Waals surface area contributed by atoms with Crippen molar-refractivity contribution in [2.24, 2.45) is 0 Å². The third-order valence-corrected chi connectivity index (χ3v) is 2.93. The first-order valence-corrected chi connectivity index (χ1v) is 6.32. The highest BCUT2D eigenvalue weighted by Gasteiger charge is 2.20. The molecule has 0 radical (unpaired) electrons. The molecule has 100 valence electrons. The Balaban J connectivity index is 2.81. The Bertz CT molecular complexity index is 437. The van der Waals surface area contributed by atoms with Gasteiger partial charge in [0.2, 0.25) is 0 Å². The topological polar surface area (TPSA) is 29.1 Å². The first-order valence-electron chi connectivity index (χ1n) is 5.78. The molecule has 0 aliphatic rings. The maximum Gasteiger partial charge on any atom is 0.257 e. The molecule has 1 aromatic rings. The molecule has 1 N–H and O–H groups in total. The number of benzene rings is 1. The SMILES string of the molecule is Cc1ccc(F)c(C(=O)NC(C)CCCCl)c1F. The van der Waals surface area contributed by atoms with Crippen molar-refractivity contribution in [3.8, 4) is 0 Å². The van der Waals surface area contributed by atoms with E-state index >= 15 is 0 Å². The van der Waals surface area contributed by atoms with Crippen LogP contribution in [-0.4, -0.2) is 17.8 Å². The predicted octanol–water partition coefficient (Wildman–Crippen LogP) is 3.41. The highest BCUT2D eigenvalue weighted by Crippen LogP contribution is 2.16. The van der Waals surface area contributed by atoms with Crippen LogP contribution in [0.5, 0.6) is 0 Å². The number of hydrogen-bond acceptors (Lipinski definition) is 1. The van der Waals surface area contributed by atoms with Gasteiger partial charge in [-0.1, -0.05) is 6.07 Å². The van der Waals surface area contributed by atoms with Gasteiger partial charge in [0, 0.05) is 11.9 Å². The van der Waals surface area contributed by atoms with Crippen LogP contribution >= 0.6 is 11.6 Å². The zero-order valence-electron chi connectivity index (χ0n) is 10.4. The number of carbonyl (C=O) groups excluding carboxylic acids is 1. The maximum absolute atomic E-state index is 13.7. The molecule has 2 nitrogen and oxygen atoms in total. The fraction of sp³-hybridized carbons (Fsp3) is 0.462. The number of rotatable bonds is 5. The zero-order chi connectivity index (χ0) is 13.7. The normalized spacial score (nSPS) is 12.3. The second kappa shape index (κ2) is 6.69. The fourth-order valence-corrected chi connectivity index (χ4v) is 1.77. The summed E-state index contributed by atoms with van der Waals surface area (Å²) in [5.41, 5.74) is -0.275. The number of nitrogens with one attached hydrogen (secondary N) is 1. The van der Waals surface area contributed by atoms with E-state index in [0.717, 1.165) is 12.5 Å². The van der Waals surface area contributed by atoms with Crippen LogP contribution in [0.2, 0.25) is 0 Å². The van der Waals surface area contributed by atoms with Crippen molar-refractivity contribution < 1.29 is 13.6 Å². The largest absolute Gasteiger partial charge is 0.349 e. The minimum Gasteiger partial charge on any atom is -0.349 e. The predicted molar refractivity (Wildman–Crippen MR) is 68.0 cm³/mol. The van der Waals surface area contributed by atoms with Crippen LogP contribution in [0.1, 0.15) is 35.7 Å². The third kappa shape index (κ3) is 3.67. The Labute approximate surface area is 110 Å². The first kappa shape index (κ1) is 14.9. The van der Waals surface area contributed by atoms with E-state index in [1.807, 2.05) is 0 Å². The van der Waals surface area contributed by atoms with Gasteiger partial charge in [-0.2, -0.15) is 0 Å². The summed E-state index contributed by atoms with van der Waals surface area (Å²) in [6, 6.07) is 2.23. The van der Waals surface area contributed by atoms with Crippen LogP contribution in [0.25, 0.3) is 0 Å². The van der Waals surface area contributed by atoms with Crippen LogP contribution < -0.4 is 5.32 Å². The fourth-order valence-electron chi connectivity index (χ4n) is 1.62. The van der Waals surface area contributed by atoms with E-state index in [9.17, 15) is 13.6 Å². The molecule has 0 bridgehead atoms. The maximum atomic E-state index is 13.7. The third-order valence-electron chi connectivity index (χ3n) is 2.66. The molecule has 1 aromatic carbocycles. The molecule has 0 spiro atoms. The van der Waals surface area contributed by atoms with Crippen molar-refractivity contribution in [1.82, 2.24) is 5.32 Å². The number of amides is 1. The minimum absolute atomic E-state index is 0.171. The lowest BCUT2D eigenvalue weighted by atomic mass is 10.1. The molecular formula is C13H16ClF2NO. The van der Waals surface area contributed by atoms with Crippen LogP contribution in [0.4, 0.5) is 8.78 Å².